The van der Waals surface area contributed by atoms with E-state index in [4.69, 9.17) is 4.74 Å². The molecule has 0 aliphatic carbocycles. The van der Waals surface area contributed by atoms with Gasteiger partial charge in [0.2, 0.25) is 0 Å². The molecule has 2 aromatic carbocycles. The van der Waals surface area contributed by atoms with E-state index in [1.807, 2.05) is 6.92 Å². The van der Waals surface area contributed by atoms with Crippen LogP contribution in [0, 0.1) is 5.82 Å². The molecule has 5 heteroatoms. The zero-order chi connectivity index (χ0) is 17.5. The molecule has 1 atom stereocenters. The number of halogens is 1. The van der Waals surface area contributed by atoms with E-state index in [1.54, 1.807) is 31.2 Å². The second-order valence-electron chi connectivity index (χ2n) is 5.41. The summed E-state index contributed by atoms with van der Waals surface area (Å²) < 4.78 is 18.5. The fraction of sp³-hybridized carbons (Fsp3) is 0.263. The lowest BCUT2D eigenvalue weighted by Crippen LogP contribution is -2.36. The van der Waals surface area contributed by atoms with Crippen LogP contribution in [-0.2, 0) is 4.79 Å². The Morgan fingerprint density at radius 2 is 1.58 bits per heavy atom. The van der Waals surface area contributed by atoms with E-state index in [9.17, 15) is 14.0 Å². The lowest BCUT2D eigenvalue weighted by Gasteiger charge is -2.14. The van der Waals surface area contributed by atoms with E-state index in [-0.39, 0.29) is 17.5 Å². The first-order valence-corrected chi connectivity index (χ1v) is 7.86. The average molecular weight is 329 g/mol. The van der Waals surface area contributed by atoms with Crippen molar-refractivity contribution in [2.75, 3.05) is 6.54 Å². The third-order valence-electron chi connectivity index (χ3n) is 3.45. The molecule has 0 aliphatic heterocycles. The van der Waals surface area contributed by atoms with Gasteiger partial charge in [0.1, 0.15) is 11.6 Å². The SMILES string of the molecule is CCCNC(=O)C(C)Oc1ccc(C(=O)c2ccc(F)cc2)cc1. The molecule has 2 rings (SSSR count). The molecule has 1 unspecified atom stereocenters. The van der Waals surface area contributed by atoms with Crippen LogP contribution in [0.15, 0.2) is 48.5 Å². The monoisotopic (exact) mass is 329 g/mol. The van der Waals surface area contributed by atoms with Gasteiger partial charge in [-0.1, -0.05) is 6.92 Å². The third-order valence-corrected chi connectivity index (χ3v) is 3.45. The molecule has 0 spiro atoms. The predicted molar refractivity (Wildman–Crippen MR) is 89.7 cm³/mol. The first-order valence-electron chi connectivity index (χ1n) is 7.86. The summed E-state index contributed by atoms with van der Waals surface area (Å²) in [6, 6.07) is 11.9. The molecule has 24 heavy (non-hydrogen) atoms. The summed E-state index contributed by atoms with van der Waals surface area (Å²) in [5, 5.41) is 2.76. The minimum absolute atomic E-state index is 0.177. The minimum atomic E-state index is -0.616. The second kappa shape index (κ2) is 8.24. The number of benzene rings is 2. The Hall–Kier alpha value is -2.69. The van der Waals surface area contributed by atoms with Crippen molar-refractivity contribution in [3.05, 3.63) is 65.5 Å². The molecule has 0 heterocycles. The maximum Gasteiger partial charge on any atom is 0.260 e. The van der Waals surface area contributed by atoms with Gasteiger partial charge in [-0.3, -0.25) is 9.59 Å². The van der Waals surface area contributed by atoms with Crippen molar-refractivity contribution in [2.24, 2.45) is 0 Å². The lowest BCUT2D eigenvalue weighted by atomic mass is 10.0. The molecular weight excluding hydrogens is 309 g/mol. The summed E-state index contributed by atoms with van der Waals surface area (Å²) in [6.45, 7) is 4.25. The van der Waals surface area contributed by atoms with Crippen molar-refractivity contribution in [3.63, 3.8) is 0 Å². The third kappa shape index (κ3) is 4.65. The van der Waals surface area contributed by atoms with E-state index in [2.05, 4.69) is 5.32 Å². The van der Waals surface area contributed by atoms with Crippen LogP contribution < -0.4 is 10.1 Å². The van der Waals surface area contributed by atoms with Crippen molar-refractivity contribution in [1.82, 2.24) is 5.32 Å². The van der Waals surface area contributed by atoms with Crippen molar-refractivity contribution in [3.8, 4) is 5.75 Å². The Labute approximate surface area is 140 Å². The van der Waals surface area contributed by atoms with Crippen molar-refractivity contribution in [1.29, 1.82) is 0 Å². The smallest absolute Gasteiger partial charge is 0.260 e. The van der Waals surface area contributed by atoms with Gasteiger partial charge in [-0.15, -0.1) is 0 Å². The number of hydrogen-bond acceptors (Lipinski definition) is 3. The zero-order valence-electron chi connectivity index (χ0n) is 13.7. The van der Waals surface area contributed by atoms with Crippen LogP contribution in [0.25, 0.3) is 0 Å². The number of nitrogens with one attached hydrogen (secondary N) is 1. The summed E-state index contributed by atoms with van der Waals surface area (Å²) in [7, 11) is 0. The number of hydrogen-bond donors (Lipinski definition) is 1. The van der Waals surface area contributed by atoms with Crippen LogP contribution in [-0.4, -0.2) is 24.3 Å². The fourth-order valence-corrected chi connectivity index (χ4v) is 2.10. The first-order chi connectivity index (χ1) is 11.5. The van der Waals surface area contributed by atoms with Gasteiger partial charge in [-0.05, 0) is 61.9 Å². The quantitative estimate of drug-likeness (QED) is 0.793. The largest absolute Gasteiger partial charge is 0.481 e. The van der Waals surface area contributed by atoms with Crippen molar-refractivity contribution >= 4 is 11.7 Å². The fourth-order valence-electron chi connectivity index (χ4n) is 2.10. The number of carbonyl (C=O) groups excluding carboxylic acids is 2. The van der Waals surface area contributed by atoms with Crippen molar-refractivity contribution in [2.45, 2.75) is 26.4 Å². The van der Waals surface area contributed by atoms with Crippen LogP contribution in [0.4, 0.5) is 4.39 Å². The van der Waals surface area contributed by atoms with Gasteiger partial charge in [0, 0.05) is 17.7 Å². The highest BCUT2D eigenvalue weighted by molar-refractivity contribution is 6.09. The van der Waals surface area contributed by atoms with Gasteiger partial charge >= 0.3 is 0 Å². The van der Waals surface area contributed by atoms with Crippen LogP contribution in [0.1, 0.15) is 36.2 Å². The molecule has 2 aromatic rings. The van der Waals surface area contributed by atoms with E-state index in [0.29, 0.717) is 23.4 Å². The van der Waals surface area contributed by atoms with Crippen LogP contribution in [0.5, 0.6) is 5.75 Å². The lowest BCUT2D eigenvalue weighted by molar-refractivity contribution is -0.127. The summed E-state index contributed by atoms with van der Waals surface area (Å²) in [5.74, 6) is -0.256. The predicted octanol–water partition coefficient (Wildman–Crippen LogP) is 3.35. The van der Waals surface area contributed by atoms with Crippen LogP contribution in [0.2, 0.25) is 0 Å². The maximum atomic E-state index is 12.9. The van der Waals surface area contributed by atoms with Gasteiger partial charge in [-0.2, -0.15) is 0 Å². The molecule has 0 fully saturated rings. The van der Waals surface area contributed by atoms with Gasteiger partial charge in [-0.25, -0.2) is 4.39 Å². The van der Waals surface area contributed by atoms with Crippen LogP contribution >= 0.6 is 0 Å². The molecule has 0 aliphatic rings. The van der Waals surface area contributed by atoms with Gasteiger partial charge < -0.3 is 10.1 Å². The number of ketones is 1. The molecular formula is C19H20FNO3. The zero-order valence-corrected chi connectivity index (χ0v) is 13.7. The molecule has 0 saturated carbocycles. The Bertz CT molecular complexity index is 696. The van der Waals surface area contributed by atoms with E-state index in [1.165, 1.54) is 24.3 Å². The standard InChI is InChI=1S/C19H20FNO3/c1-3-12-21-19(23)13(2)24-17-10-6-15(7-11-17)18(22)14-4-8-16(20)9-5-14/h4-11,13H,3,12H2,1-2H3,(H,21,23). The molecule has 4 nitrogen and oxygen atoms in total. The molecule has 0 radical (unpaired) electrons. The Balaban J connectivity index is 2.01. The topological polar surface area (TPSA) is 55.4 Å². The normalized spacial score (nSPS) is 11.6. The van der Waals surface area contributed by atoms with Gasteiger partial charge in [0.05, 0.1) is 0 Å². The number of rotatable bonds is 7. The van der Waals surface area contributed by atoms with E-state index >= 15 is 0 Å². The molecule has 0 bridgehead atoms. The molecule has 1 amide bonds. The minimum Gasteiger partial charge on any atom is -0.481 e. The summed E-state index contributed by atoms with van der Waals surface area (Å²) in [4.78, 5) is 24.1. The van der Waals surface area contributed by atoms with E-state index < -0.39 is 6.10 Å². The highest BCUT2D eigenvalue weighted by Gasteiger charge is 2.14. The van der Waals surface area contributed by atoms with Crippen LogP contribution in [0.3, 0.4) is 0 Å². The Morgan fingerprint density at radius 3 is 2.12 bits per heavy atom. The molecule has 1 N–H and O–H groups in total. The Morgan fingerprint density at radius 1 is 1.04 bits per heavy atom. The summed E-state index contributed by atoms with van der Waals surface area (Å²) in [6.07, 6.45) is 0.244. The average Bonchev–Trinajstić information content (AvgIpc) is 2.60. The first kappa shape index (κ1) is 17.7. The second-order valence-corrected chi connectivity index (χ2v) is 5.41. The number of ether oxygens (including phenoxy) is 1. The number of amides is 1. The summed E-state index contributed by atoms with van der Waals surface area (Å²) in [5.41, 5.74) is 0.884. The molecule has 0 saturated heterocycles. The van der Waals surface area contributed by atoms with Crippen molar-refractivity contribution < 1.29 is 18.7 Å². The highest BCUT2D eigenvalue weighted by Crippen LogP contribution is 2.17. The number of carbonyl (C=O) groups is 2. The summed E-state index contributed by atoms with van der Waals surface area (Å²) >= 11 is 0. The molecule has 0 aromatic heterocycles. The van der Waals surface area contributed by atoms with Gasteiger partial charge in [0.25, 0.3) is 5.91 Å². The van der Waals surface area contributed by atoms with Gasteiger partial charge in [0.15, 0.2) is 11.9 Å². The highest BCUT2D eigenvalue weighted by atomic mass is 19.1. The van der Waals surface area contributed by atoms with E-state index in [0.717, 1.165) is 6.42 Å². The Kier molecular flexibility index (Phi) is 6.07. The maximum absolute atomic E-state index is 12.9. The molecule has 126 valence electrons.